The SMILES string of the molecule is N=C(CCCN=C(N)N)P(O)O. The molecule has 0 saturated heterocycles. The smallest absolute Gasteiger partial charge is 0.214 e. The number of hydrogen-bond donors (Lipinski definition) is 5. The van der Waals surface area contributed by atoms with Crippen LogP contribution in [0.2, 0.25) is 0 Å². The van der Waals surface area contributed by atoms with Crippen LogP contribution in [0.3, 0.4) is 0 Å². The summed E-state index contributed by atoms with van der Waals surface area (Å²) in [6.45, 7) is 0.411. The first-order valence-electron chi connectivity index (χ1n) is 3.34. The van der Waals surface area contributed by atoms with Gasteiger partial charge in [0.05, 0.1) is 5.45 Å². The van der Waals surface area contributed by atoms with Crippen LogP contribution in [-0.4, -0.2) is 27.7 Å². The summed E-state index contributed by atoms with van der Waals surface area (Å²) in [5.74, 6) is 0.0109. The van der Waals surface area contributed by atoms with E-state index >= 15 is 0 Å². The molecule has 0 rings (SSSR count). The van der Waals surface area contributed by atoms with Gasteiger partial charge >= 0.3 is 0 Å². The zero-order valence-corrected chi connectivity index (χ0v) is 7.46. The highest BCUT2D eigenvalue weighted by molar-refractivity contribution is 7.64. The molecule has 12 heavy (non-hydrogen) atoms. The summed E-state index contributed by atoms with van der Waals surface area (Å²) in [6, 6.07) is 0. The highest BCUT2D eigenvalue weighted by Crippen LogP contribution is 2.26. The van der Waals surface area contributed by atoms with Crippen molar-refractivity contribution < 1.29 is 9.79 Å². The van der Waals surface area contributed by atoms with Gasteiger partial charge in [-0.1, -0.05) is 0 Å². The van der Waals surface area contributed by atoms with Gasteiger partial charge in [-0.15, -0.1) is 0 Å². The van der Waals surface area contributed by atoms with E-state index in [1.54, 1.807) is 0 Å². The molecule has 70 valence electrons. The molecular formula is C5H13N4O2P. The molecule has 0 atom stereocenters. The topological polar surface area (TPSA) is 129 Å². The summed E-state index contributed by atoms with van der Waals surface area (Å²) in [5.41, 5.74) is 10.0. The predicted molar refractivity (Wildman–Crippen MR) is 49.0 cm³/mol. The minimum atomic E-state index is -2.22. The molecule has 0 aliphatic carbocycles. The van der Waals surface area contributed by atoms with Crippen molar-refractivity contribution >= 4 is 19.8 Å². The van der Waals surface area contributed by atoms with Crippen molar-refractivity contribution in [3.05, 3.63) is 0 Å². The van der Waals surface area contributed by atoms with Crippen molar-refractivity contribution in [1.82, 2.24) is 0 Å². The van der Waals surface area contributed by atoms with Gasteiger partial charge in [0, 0.05) is 6.54 Å². The third-order valence-electron chi connectivity index (χ3n) is 1.11. The quantitative estimate of drug-likeness (QED) is 0.171. The fourth-order valence-corrected chi connectivity index (χ4v) is 0.913. The lowest BCUT2D eigenvalue weighted by atomic mass is 10.3. The average Bonchev–Trinajstić information content (AvgIpc) is 1.97. The molecule has 7 heteroatoms. The molecule has 7 N–H and O–H groups in total. The lowest BCUT2D eigenvalue weighted by molar-refractivity contribution is 0.498. The van der Waals surface area contributed by atoms with Crippen LogP contribution in [0.15, 0.2) is 4.99 Å². The molecule has 6 nitrogen and oxygen atoms in total. The van der Waals surface area contributed by atoms with E-state index < -0.39 is 8.38 Å². The molecule has 0 amide bonds. The normalized spacial score (nSPS) is 9.92. The summed E-state index contributed by atoms with van der Waals surface area (Å²) in [4.78, 5) is 20.8. The van der Waals surface area contributed by atoms with E-state index in [0.29, 0.717) is 19.4 Å². The number of aliphatic imine (C=N–C) groups is 1. The van der Waals surface area contributed by atoms with Crippen molar-refractivity contribution in [2.24, 2.45) is 16.5 Å². The monoisotopic (exact) mass is 192 g/mol. The zero-order chi connectivity index (χ0) is 9.56. The van der Waals surface area contributed by atoms with Crippen molar-refractivity contribution in [1.29, 1.82) is 5.41 Å². The zero-order valence-electron chi connectivity index (χ0n) is 6.56. The first kappa shape index (κ1) is 11.3. The highest BCUT2D eigenvalue weighted by atomic mass is 31.2. The molecule has 0 fully saturated rings. The fourth-order valence-electron chi connectivity index (χ4n) is 0.555. The molecule has 0 aromatic carbocycles. The van der Waals surface area contributed by atoms with Crippen LogP contribution in [0.5, 0.6) is 0 Å². The number of rotatable bonds is 5. The van der Waals surface area contributed by atoms with E-state index in [0.717, 1.165) is 0 Å². The molecule has 0 saturated carbocycles. The van der Waals surface area contributed by atoms with Crippen LogP contribution < -0.4 is 11.5 Å². The van der Waals surface area contributed by atoms with E-state index in [-0.39, 0.29) is 11.4 Å². The van der Waals surface area contributed by atoms with Gasteiger partial charge in [0.25, 0.3) is 0 Å². The number of hydrogen-bond acceptors (Lipinski definition) is 4. The van der Waals surface area contributed by atoms with E-state index in [1.165, 1.54) is 0 Å². The molecule has 0 spiro atoms. The highest BCUT2D eigenvalue weighted by Gasteiger charge is 2.05. The molecule has 0 bridgehead atoms. The largest absolute Gasteiger partial charge is 0.370 e. The predicted octanol–water partition coefficient (Wildman–Crippen LogP) is -0.686. The van der Waals surface area contributed by atoms with E-state index in [9.17, 15) is 0 Å². The summed E-state index contributed by atoms with van der Waals surface area (Å²) >= 11 is 0. The van der Waals surface area contributed by atoms with Crippen LogP contribution in [-0.2, 0) is 0 Å². The number of nitrogens with two attached hydrogens (primary N) is 2. The van der Waals surface area contributed by atoms with Gasteiger partial charge < -0.3 is 26.7 Å². The minimum Gasteiger partial charge on any atom is -0.370 e. The first-order chi connectivity index (χ1) is 5.54. The maximum absolute atomic E-state index is 8.54. The molecule has 0 aliphatic heterocycles. The van der Waals surface area contributed by atoms with Crippen LogP contribution >= 0.6 is 8.38 Å². The van der Waals surface area contributed by atoms with Crippen molar-refractivity contribution in [3.8, 4) is 0 Å². The standard InChI is InChI=1S/C5H13N4O2P/c6-4(12(10)11)2-1-3-9-5(7)8/h6,10-11H,1-3H2,(H4,7,8,9). The van der Waals surface area contributed by atoms with Gasteiger partial charge in [-0.2, -0.15) is 0 Å². The van der Waals surface area contributed by atoms with E-state index in [2.05, 4.69) is 4.99 Å². The van der Waals surface area contributed by atoms with E-state index in [4.69, 9.17) is 26.7 Å². The minimum absolute atomic E-state index is 0.0109. The summed E-state index contributed by atoms with van der Waals surface area (Å²) in [5, 5.41) is 7.05. The molecule has 0 aromatic heterocycles. The average molecular weight is 192 g/mol. The van der Waals surface area contributed by atoms with Gasteiger partial charge in [0.15, 0.2) is 5.96 Å². The molecule has 0 aromatic rings. The van der Waals surface area contributed by atoms with Crippen molar-refractivity contribution in [2.45, 2.75) is 12.8 Å². The Hall–Kier alpha value is -0.710. The molecule has 0 unspecified atom stereocenters. The lowest BCUT2D eigenvalue weighted by Gasteiger charge is -2.02. The molecule has 0 radical (unpaired) electrons. The Morgan fingerprint density at radius 3 is 2.42 bits per heavy atom. The second kappa shape index (κ2) is 5.88. The van der Waals surface area contributed by atoms with Crippen LogP contribution in [0.1, 0.15) is 12.8 Å². The van der Waals surface area contributed by atoms with Gasteiger partial charge in [0.1, 0.15) is 0 Å². The van der Waals surface area contributed by atoms with Crippen LogP contribution in [0.4, 0.5) is 0 Å². The van der Waals surface area contributed by atoms with Gasteiger partial charge in [-0.3, -0.25) is 4.99 Å². The third-order valence-corrected chi connectivity index (χ3v) is 1.81. The Bertz CT molecular complexity index is 178. The maximum Gasteiger partial charge on any atom is 0.214 e. The maximum atomic E-state index is 8.54. The first-order valence-corrected chi connectivity index (χ1v) is 4.59. The fraction of sp³-hybridized carbons (Fsp3) is 0.600. The third kappa shape index (κ3) is 6.03. The number of guanidine groups is 1. The van der Waals surface area contributed by atoms with Crippen LogP contribution in [0.25, 0.3) is 0 Å². The van der Waals surface area contributed by atoms with Gasteiger partial charge in [-0.25, -0.2) is 0 Å². The van der Waals surface area contributed by atoms with Gasteiger partial charge in [-0.05, 0) is 12.8 Å². The Balaban J connectivity index is 3.45. The summed E-state index contributed by atoms with van der Waals surface area (Å²) in [6.07, 6.45) is 0.867. The second-order valence-electron chi connectivity index (χ2n) is 2.15. The van der Waals surface area contributed by atoms with Gasteiger partial charge in [0.2, 0.25) is 8.38 Å². The molecular weight excluding hydrogens is 179 g/mol. The number of nitrogens with one attached hydrogen (secondary N) is 1. The Labute approximate surface area is 71.7 Å². The Kier molecular flexibility index (Phi) is 5.53. The Morgan fingerprint density at radius 1 is 1.42 bits per heavy atom. The lowest BCUT2D eigenvalue weighted by Crippen LogP contribution is -2.23. The Morgan fingerprint density at radius 2 is 2.00 bits per heavy atom. The van der Waals surface area contributed by atoms with Crippen molar-refractivity contribution in [2.75, 3.05) is 6.54 Å². The van der Waals surface area contributed by atoms with E-state index in [1.807, 2.05) is 0 Å². The number of nitrogens with zero attached hydrogens (tertiary/aromatic N) is 1. The van der Waals surface area contributed by atoms with Crippen LogP contribution in [0, 0.1) is 5.41 Å². The molecule has 0 aliphatic rings. The molecule has 0 heterocycles. The van der Waals surface area contributed by atoms with Crippen molar-refractivity contribution in [3.63, 3.8) is 0 Å². The summed E-state index contributed by atoms with van der Waals surface area (Å²) < 4.78 is 0. The summed E-state index contributed by atoms with van der Waals surface area (Å²) in [7, 11) is -2.22. The second-order valence-corrected chi connectivity index (χ2v) is 3.26.